The molecular weight excluding hydrogens is 214 g/mol. The van der Waals surface area contributed by atoms with Gasteiger partial charge in [0, 0.05) is 19.0 Å². The van der Waals surface area contributed by atoms with Gasteiger partial charge in [0.15, 0.2) is 0 Å². The molecule has 0 atom stereocenters. The van der Waals surface area contributed by atoms with Crippen LogP contribution in [0.3, 0.4) is 0 Å². The first-order chi connectivity index (χ1) is 7.41. The molecule has 0 saturated carbocycles. The number of amides is 5. The number of hydrogen-bond donors (Lipinski definition) is 2. The van der Waals surface area contributed by atoms with E-state index in [1.54, 1.807) is 13.8 Å². The molecule has 1 heterocycles. The molecule has 0 aromatic heterocycles. The minimum Gasteiger partial charge on any atom is -0.354 e. The van der Waals surface area contributed by atoms with Crippen molar-refractivity contribution in [1.29, 1.82) is 0 Å². The lowest BCUT2D eigenvalue weighted by molar-refractivity contribution is -0.140. The second-order valence-electron chi connectivity index (χ2n) is 3.69. The Balaban J connectivity index is 2.44. The second kappa shape index (κ2) is 4.73. The summed E-state index contributed by atoms with van der Waals surface area (Å²) in [5.74, 6) is -2.13. The number of rotatable bonds is 4. The molecule has 0 aromatic rings. The number of imide groups is 2. The highest BCUT2D eigenvalue weighted by Gasteiger charge is 2.36. The minimum atomic E-state index is -0.950. The Labute approximate surface area is 92.2 Å². The molecule has 1 aliphatic rings. The summed E-state index contributed by atoms with van der Waals surface area (Å²) in [6.07, 6.45) is -0.00931. The van der Waals surface area contributed by atoms with Crippen molar-refractivity contribution >= 4 is 23.8 Å². The molecule has 0 aromatic carbocycles. The van der Waals surface area contributed by atoms with E-state index in [1.165, 1.54) is 0 Å². The zero-order valence-corrected chi connectivity index (χ0v) is 9.07. The van der Waals surface area contributed by atoms with Gasteiger partial charge in [-0.15, -0.1) is 0 Å². The van der Waals surface area contributed by atoms with Crippen molar-refractivity contribution < 1.29 is 19.2 Å². The van der Waals surface area contributed by atoms with Gasteiger partial charge in [-0.05, 0) is 13.8 Å². The molecule has 7 nitrogen and oxygen atoms in total. The summed E-state index contributed by atoms with van der Waals surface area (Å²) in [5, 5.41) is 4.46. The van der Waals surface area contributed by atoms with Crippen LogP contribution < -0.4 is 10.6 Å². The molecule has 1 aliphatic heterocycles. The monoisotopic (exact) mass is 227 g/mol. The van der Waals surface area contributed by atoms with E-state index in [2.05, 4.69) is 5.32 Å². The molecule has 0 aliphatic carbocycles. The van der Waals surface area contributed by atoms with Crippen LogP contribution in [0.15, 0.2) is 0 Å². The van der Waals surface area contributed by atoms with E-state index in [9.17, 15) is 19.2 Å². The third-order valence-electron chi connectivity index (χ3n) is 1.92. The Bertz CT molecular complexity index is 351. The van der Waals surface area contributed by atoms with Crippen LogP contribution in [0.25, 0.3) is 0 Å². The van der Waals surface area contributed by atoms with Crippen molar-refractivity contribution in [2.45, 2.75) is 26.3 Å². The molecule has 1 rings (SSSR count). The summed E-state index contributed by atoms with van der Waals surface area (Å²) in [7, 11) is 0. The van der Waals surface area contributed by atoms with Gasteiger partial charge in [0.25, 0.3) is 0 Å². The largest absolute Gasteiger partial charge is 0.354 e. The van der Waals surface area contributed by atoms with Gasteiger partial charge >= 0.3 is 17.8 Å². The molecule has 0 bridgehead atoms. The fraction of sp³-hybridized carbons (Fsp3) is 0.556. The lowest BCUT2D eigenvalue weighted by Crippen LogP contribution is -2.37. The zero-order chi connectivity index (χ0) is 12.3. The third-order valence-corrected chi connectivity index (χ3v) is 1.92. The van der Waals surface area contributed by atoms with Crippen molar-refractivity contribution in [1.82, 2.24) is 15.5 Å². The third kappa shape index (κ3) is 2.78. The Morgan fingerprint density at radius 3 is 2.44 bits per heavy atom. The number of urea groups is 1. The summed E-state index contributed by atoms with van der Waals surface area (Å²) >= 11 is 0. The average molecular weight is 227 g/mol. The van der Waals surface area contributed by atoms with Gasteiger partial charge in [0.2, 0.25) is 5.91 Å². The predicted octanol–water partition coefficient (Wildman–Crippen LogP) is -1.02. The molecule has 5 amide bonds. The smallest absolute Gasteiger partial charge is 0.331 e. The SMILES string of the molecule is CC(C)NC(=O)CCN1C(=O)NC(=O)C1=O. The first-order valence-corrected chi connectivity index (χ1v) is 4.88. The van der Waals surface area contributed by atoms with E-state index < -0.39 is 17.8 Å². The maximum absolute atomic E-state index is 11.2. The molecule has 2 N–H and O–H groups in total. The van der Waals surface area contributed by atoms with Gasteiger partial charge in [-0.25, -0.2) is 4.79 Å². The fourth-order valence-electron chi connectivity index (χ4n) is 1.24. The van der Waals surface area contributed by atoms with E-state index in [0.717, 1.165) is 4.90 Å². The Hall–Kier alpha value is -1.92. The lowest BCUT2D eigenvalue weighted by atomic mass is 10.3. The van der Waals surface area contributed by atoms with Gasteiger partial charge < -0.3 is 5.32 Å². The van der Waals surface area contributed by atoms with Crippen LogP contribution in [-0.4, -0.2) is 41.2 Å². The van der Waals surface area contributed by atoms with Crippen LogP contribution in [0.1, 0.15) is 20.3 Å². The summed E-state index contributed by atoms with van der Waals surface area (Å²) in [6.45, 7) is 3.51. The molecule has 1 saturated heterocycles. The van der Waals surface area contributed by atoms with Crippen molar-refractivity contribution in [2.24, 2.45) is 0 Å². The van der Waals surface area contributed by atoms with Crippen LogP contribution in [0.2, 0.25) is 0 Å². The maximum atomic E-state index is 11.2. The Morgan fingerprint density at radius 2 is 2.00 bits per heavy atom. The van der Waals surface area contributed by atoms with E-state index >= 15 is 0 Å². The number of carbonyl (C=O) groups is 4. The molecule has 0 spiro atoms. The molecule has 0 radical (unpaired) electrons. The van der Waals surface area contributed by atoms with Gasteiger partial charge in [-0.3, -0.25) is 24.6 Å². The average Bonchev–Trinajstić information content (AvgIpc) is 2.38. The highest BCUT2D eigenvalue weighted by Crippen LogP contribution is 2.01. The second-order valence-corrected chi connectivity index (χ2v) is 3.69. The normalized spacial score (nSPS) is 15.7. The highest BCUT2D eigenvalue weighted by molar-refractivity contribution is 6.44. The van der Waals surface area contributed by atoms with Crippen LogP contribution in [0.4, 0.5) is 4.79 Å². The summed E-state index contributed by atoms with van der Waals surface area (Å²) in [4.78, 5) is 44.9. The highest BCUT2D eigenvalue weighted by atomic mass is 16.2. The molecule has 0 unspecified atom stereocenters. The maximum Gasteiger partial charge on any atom is 0.331 e. The zero-order valence-electron chi connectivity index (χ0n) is 9.07. The Morgan fingerprint density at radius 1 is 1.38 bits per heavy atom. The van der Waals surface area contributed by atoms with Crippen LogP contribution >= 0.6 is 0 Å². The standard InChI is InChI=1S/C9H13N3O4/c1-5(2)10-6(13)3-4-12-8(15)7(14)11-9(12)16/h5H,3-4H2,1-2H3,(H,10,13)(H,11,14,16). The van der Waals surface area contributed by atoms with Gasteiger partial charge in [-0.2, -0.15) is 0 Å². The lowest BCUT2D eigenvalue weighted by Gasteiger charge is -2.12. The molecule has 16 heavy (non-hydrogen) atoms. The minimum absolute atomic E-state index is 0.00256. The van der Waals surface area contributed by atoms with E-state index in [0.29, 0.717) is 0 Å². The summed E-state index contributed by atoms with van der Waals surface area (Å²) in [6, 6.07) is -0.774. The summed E-state index contributed by atoms with van der Waals surface area (Å²) < 4.78 is 0. The van der Waals surface area contributed by atoms with E-state index in [1.807, 2.05) is 5.32 Å². The van der Waals surface area contributed by atoms with Gasteiger partial charge in [0.1, 0.15) is 0 Å². The van der Waals surface area contributed by atoms with E-state index in [-0.39, 0.29) is 24.9 Å². The molecule has 88 valence electrons. The number of nitrogens with zero attached hydrogens (tertiary/aromatic N) is 1. The van der Waals surface area contributed by atoms with Gasteiger partial charge in [0.05, 0.1) is 0 Å². The van der Waals surface area contributed by atoms with Crippen LogP contribution in [-0.2, 0) is 14.4 Å². The topological polar surface area (TPSA) is 95.6 Å². The number of carbonyl (C=O) groups excluding carboxylic acids is 4. The summed E-state index contributed by atoms with van der Waals surface area (Å²) in [5.41, 5.74) is 0. The molecule has 7 heteroatoms. The van der Waals surface area contributed by atoms with E-state index in [4.69, 9.17) is 0 Å². The first-order valence-electron chi connectivity index (χ1n) is 4.88. The number of hydrogen-bond acceptors (Lipinski definition) is 4. The number of nitrogens with one attached hydrogen (secondary N) is 2. The quantitative estimate of drug-likeness (QED) is 0.474. The van der Waals surface area contributed by atoms with Crippen LogP contribution in [0.5, 0.6) is 0 Å². The van der Waals surface area contributed by atoms with Crippen LogP contribution in [0, 0.1) is 0 Å². The predicted molar refractivity (Wildman–Crippen MR) is 53.1 cm³/mol. The Kier molecular flexibility index (Phi) is 3.60. The van der Waals surface area contributed by atoms with Crippen molar-refractivity contribution in [2.75, 3.05) is 6.54 Å². The fourth-order valence-corrected chi connectivity index (χ4v) is 1.24. The van der Waals surface area contributed by atoms with Crippen molar-refractivity contribution in [3.63, 3.8) is 0 Å². The van der Waals surface area contributed by atoms with Gasteiger partial charge in [-0.1, -0.05) is 0 Å². The van der Waals surface area contributed by atoms with Crippen molar-refractivity contribution in [3.8, 4) is 0 Å². The van der Waals surface area contributed by atoms with Crippen molar-refractivity contribution in [3.05, 3.63) is 0 Å². The first kappa shape index (κ1) is 12.2. The molecule has 1 fully saturated rings. The molecular formula is C9H13N3O4.